The van der Waals surface area contributed by atoms with Crippen LogP contribution in [0.2, 0.25) is 5.02 Å². The molecule has 1 saturated heterocycles. The van der Waals surface area contributed by atoms with Gasteiger partial charge >= 0.3 is 0 Å². The number of carbonyl (C=O) groups excluding carboxylic acids is 1. The number of amides is 1. The fourth-order valence-corrected chi connectivity index (χ4v) is 3.57. The number of halogens is 1. The summed E-state index contributed by atoms with van der Waals surface area (Å²) in [6.45, 7) is 7.03. The van der Waals surface area contributed by atoms with Crippen LogP contribution in [0.15, 0.2) is 48.2 Å². The highest BCUT2D eigenvalue weighted by atomic mass is 35.5. The van der Waals surface area contributed by atoms with E-state index in [1.807, 2.05) is 17.0 Å². The Kier molecular flexibility index (Phi) is 6.78. The zero-order valence-corrected chi connectivity index (χ0v) is 18.0. The number of nitriles is 1. The van der Waals surface area contributed by atoms with Gasteiger partial charge in [-0.15, -0.1) is 0 Å². The first-order valence-electron chi connectivity index (χ1n) is 9.72. The Labute approximate surface area is 185 Å². The maximum Gasteiger partial charge on any atom is 0.271 e. The van der Waals surface area contributed by atoms with E-state index in [1.54, 1.807) is 0 Å². The molecular weight excluding hydrogens is 418 g/mol. The maximum atomic E-state index is 12.6. The summed E-state index contributed by atoms with van der Waals surface area (Å²) in [7, 11) is 0. The molecule has 0 bridgehead atoms. The van der Waals surface area contributed by atoms with Crippen molar-refractivity contribution in [1.29, 1.82) is 5.26 Å². The molecule has 1 aliphatic heterocycles. The number of benzene rings is 2. The molecule has 9 heteroatoms. The molecule has 0 atom stereocenters. The highest BCUT2D eigenvalue weighted by Gasteiger charge is 2.20. The van der Waals surface area contributed by atoms with Crippen LogP contribution < -0.4 is 10.2 Å². The smallest absolute Gasteiger partial charge is 0.271 e. The molecule has 2 aromatic rings. The monoisotopic (exact) mass is 439 g/mol. The molecule has 0 spiro atoms. The molecule has 160 valence electrons. The highest BCUT2D eigenvalue weighted by molar-refractivity contribution is 6.34. The third-order valence-electron chi connectivity index (χ3n) is 5.32. The van der Waals surface area contributed by atoms with E-state index in [0.717, 1.165) is 19.2 Å². The fraction of sp³-hybridized carbons (Fsp3) is 0.273. The molecule has 8 nitrogen and oxygen atoms in total. The molecular formula is C22H22ClN5O3. The van der Waals surface area contributed by atoms with Gasteiger partial charge in [-0.3, -0.25) is 14.9 Å². The van der Waals surface area contributed by atoms with Crippen LogP contribution in [0, 0.1) is 35.3 Å². The summed E-state index contributed by atoms with van der Waals surface area (Å²) in [5.41, 5.74) is 3.47. The number of aryl methyl sites for hydroxylation is 1. The lowest BCUT2D eigenvalue weighted by atomic mass is 10.1. The van der Waals surface area contributed by atoms with E-state index in [9.17, 15) is 20.2 Å². The molecule has 31 heavy (non-hydrogen) atoms. The Morgan fingerprint density at radius 1 is 1.23 bits per heavy atom. The molecule has 0 aromatic heterocycles. The molecule has 1 amide bonds. The van der Waals surface area contributed by atoms with Crippen LogP contribution in [-0.2, 0) is 4.79 Å². The van der Waals surface area contributed by atoms with Gasteiger partial charge in [-0.05, 0) is 37.1 Å². The van der Waals surface area contributed by atoms with Crippen LogP contribution in [0.1, 0.15) is 11.1 Å². The molecule has 1 aliphatic rings. The van der Waals surface area contributed by atoms with Crippen molar-refractivity contribution in [3.05, 3.63) is 74.4 Å². The molecule has 0 aliphatic carbocycles. The molecule has 1 N–H and O–H groups in total. The SMILES string of the molecule is Cc1cccc(N2CCN(/C=C(/C#N)C(=O)Nc3cc([N+](=O)[O-])ccc3Cl)CC2)c1C. The topological polar surface area (TPSA) is 103 Å². The lowest BCUT2D eigenvalue weighted by Crippen LogP contribution is -2.44. The predicted octanol–water partition coefficient (Wildman–Crippen LogP) is 4.03. The van der Waals surface area contributed by atoms with E-state index < -0.39 is 10.8 Å². The number of rotatable bonds is 5. The predicted molar refractivity (Wildman–Crippen MR) is 120 cm³/mol. The zero-order chi connectivity index (χ0) is 22.5. The van der Waals surface area contributed by atoms with Crippen LogP contribution in [0.4, 0.5) is 17.1 Å². The second-order valence-corrected chi connectivity index (χ2v) is 7.68. The number of nitrogens with zero attached hydrogens (tertiary/aromatic N) is 4. The summed E-state index contributed by atoms with van der Waals surface area (Å²) >= 11 is 6.03. The number of anilines is 2. The minimum atomic E-state index is -0.665. The molecule has 1 heterocycles. The minimum absolute atomic E-state index is 0.0850. The molecule has 0 radical (unpaired) electrons. The third kappa shape index (κ3) is 5.13. The van der Waals surface area contributed by atoms with E-state index in [2.05, 4.69) is 36.2 Å². The number of nitro groups is 1. The van der Waals surface area contributed by atoms with Crippen molar-refractivity contribution in [3.63, 3.8) is 0 Å². The average molecular weight is 440 g/mol. The normalized spacial score (nSPS) is 14.2. The van der Waals surface area contributed by atoms with E-state index in [0.29, 0.717) is 13.1 Å². The Hall–Kier alpha value is -3.57. The van der Waals surface area contributed by atoms with Crippen molar-refractivity contribution in [2.45, 2.75) is 13.8 Å². The Bertz CT molecular complexity index is 1090. The Morgan fingerprint density at radius 3 is 2.58 bits per heavy atom. The quantitative estimate of drug-likeness (QED) is 0.326. The number of hydrogen-bond donors (Lipinski definition) is 1. The van der Waals surface area contributed by atoms with Crippen molar-refractivity contribution in [2.75, 3.05) is 36.4 Å². The molecule has 0 unspecified atom stereocenters. The first-order valence-corrected chi connectivity index (χ1v) is 10.1. The summed E-state index contributed by atoms with van der Waals surface area (Å²) in [5, 5.41) is 23.0. The number of piperazine rings is 1. The van der Waals surface area contributed by atoms with Gasteiger partial charge in [0.1, 0.15) is 11.6 Å². The van der Waals surface area contributed by atoms with Crippen LogP contribution in [0.25, 0.3) is 0 Å². The van der Waals surface area contributed by atoms with Gasteiger partial charge < -0.3 is 15.1 Å². The van der Waals surface area contributed by atoms with E-state index in [1.165, 1.54) is 35.1 Å². The standard InChI is InChI=1S/C22H22ClN5O3/c1-15-4-3-5-21(16(15)2)27-10-8-26(9-11-27)14-17(13-24)22(29)25-20-12-18(28(30)31)6-7-19(20)23/h3-7,12,14H,8-11H2,1-2H3,(H,25,29)/b17-14-. The number of nitro benzene ring substituents is 1. The fourth-order valence-electron chi connectivity index (χ4n) is 3.40. The first kappa shape index (κ1) is 22.1. The Morgan fingerprint density at radius 2 is 1.94 bits per heavy atom. The summed E-state index contributed by atoms with van der Waals surface area (Å²) in [4.78, 5) is 27.1. The number of non-ortho nitro benzene ring substituents is 1. The molecule has 2 aromatic carbocycles. The van der Waals surface area contributed by atoms with Gasteiger partial charge in [0, 0.05) is 50.2 Å². The van der Waals surface area contributed by atoms with Gasteiger partial charge in [-0.1, -0.05) is 23.7 Å². The van der Waals surface area contributed by atoms with Crippen molar-refractivity contribution in [3.8, 4) is 6.07 Å². The second kappa shape index (κ2) is 9.49. The van der Waals surface area contributed by atoms with E-state index in [4.69, 9.17) is 11.6 Å². The molecule has 0 saturated carbocycles. The van der Waals surface area contributed by atoms with Crippen LogP contribution in [0.5, 0.6) is 0 Å². The van der Waals surface area contributed by atoms with Crippen molar-refractivity contribution >= 4 is 34.6 Å². The van der Waals surface area contributed by atoms with Crippen molar-refractivity contribution in [2.24, 2.45) is 0 Å². The van der Waals surface area contributed by atoms with Crippen molar-refractivity contribution < 1.29 is 9.72 Å². The van der Waals surface area contributed by atoms with Crippen LogP contribution in [0.3, 0.4) is 0 Å². The third-order valence-corrected chi connectivity index (χ3v) is 5.65. The van der Waals surface area contributed by atoms with Crippen LogP contribution in [-0.4, -0.2) is 41.9 Å². The highest BCUT2D eigenvalue weighted by Crippen LogP contribution is 2.27. The van der Waals surface area contributed by atoms with Crippen LogP contribution >= 0.6 is 11.6 Å². The van der Waals surface area contributed by atoms with Gasteiger partial charge in [0.15, 0.2) is 0 Å². The zero-order valence-electron chi connectivity index (χ0n) is 17.3. The number of hydrogen-bond acceptors (Lipinski definition) is 6. The lowest BCUT2D eigenvalue weighted by Gasteiger charge is -2.36. The van der Waals surface area contributed by atoms with Gasteiger partial charge in [-0.2, -0.15) is 5.26 Å². The molecule has 3 rings (SSSR count). The summed E-state index contributed by atoms with van der Waals surface area (Å²) < 4.78 is 0. The van der Waals surface area contributed by atoms with Gasteiger partial charge in [0.2, 0.25) is 0 Å². The first-order chi connectivity index (χ1) is 14.8. The van der Waals surface area contributed by atoms with Crippen molar-refractivity contribution in [1.82, 2.24) is 4.90 Å². The Balaban J connectivity index is 1.68. The average Bonchev–Trinajstić information content (AvgIpc) is 2.75. The number of carbonyl (C=O) groups is 1. The van der Waals surface area contributed by atoms with E-state index in [-0.39, 0.29) is 22.0 Å². The van der Waals surface area contributed by atoms with Gasteiger partial charge in [0.05, 0.1) is 15.6 Å². The lowest BCUT2D eigenvalue weighted by molar-refractivity contribution is -0.384. The summed E-state index contributed by atoms with van der Waals surface area (Å²) in [6, 6.07) is 11.9. The van der Waals surface area contributed by atoms with Gasteiger partial charge in [0.25, 0.3) is 11.6 Å². The maximum absolute atomic E-state index is 12.6. The van der Waals surface area contributed by atoms with E-state index >= 15 is 0 Å². The largest absolute Gasteiger partial charge is 0.373 e. The minimum Gasteiger partial charge on any atom is -0.373 e. The summed E-state index contributed by atoms with van der Waals surface area (Å²) in [6.07, 6.45) is 1.53. The van der Waals surface area contributed by atoms with Gasteiger partial charge in [-0.25, -0.2) is 0 Å². The molecule has 1 fully saturated rings. The second-order valence-electron chi connectivity index (χ2n) is 7.27. The summed E-state index contributed by atoms with van der Waals surface area (Å²) in [5.74, 6) is -0.665. The number of nitrogens with one attached hydrogen (secondary N) is 1.